The van der Waals surface area contributed by atoms with Gasteiger partial charge >= 0.3 is 0 Å². The summed E-state index contributed by atoms with van der Waals surface area (Å²) >= 11 is 1.70. The van der Waals surface area contributed by atoms with E-state index in [2.05, 4.69) is 48.4 Å². The summed E-state index contributed by atoms with van der Waals surface area (Å²) in [7, 11) is 2.10. The van der Waals surface area contributed by atoms with Gasteiger partial charge in [-0.1, -0.05) is 6.42 Å². The van der Waals surface area contributed by atoms with Crippen molar-refractivity contribution in [3.8, 4) is 0 Å². The van der Waals surface area contributed by atoms with Crippen LogP contribution in [-0.4, -0.2) is 48.2 Å². The van der Waals surface area contributed by atoms with Gasteiger partial charge in [-0.2, -0.15) is 0 Å². The second-order valence-electron chi connectivity index (χ2n) is 6.98. The Kier molecular flexibility index (Phi) is 5.45. The molecule has 0 aliphatic heterocycles. The van der Waals surface area contributed by atoms with E-state index in [0.717, 1.165) is 42.8 Å². The number of thiazole rings is 1. The van der Waals surface area contributed by atoms with Crippen LogP contribution < -0.4 is 5.32 Å². The molecule has 0 saturated heterocycles. The van der Waals surface area contributed by atoms with E-state index in [1.54, 1.807) is 11.3 Å². The van der Waals surface area contributed by atoms with Gasteiger partial charge in [-0.05, 0) is 40.0 Å². The first-order valence-corrected chi connectivity index (χ1v) is 10.0. The second-order valence-corrected chi connectivity index (χ2v) is 8.04. The molecule has 2 fully saturated rings. The van der Waals surface area contributed by atoms with E-state index < -0.39 is 0 Å². The van der Waals surface area contributed by atoms with Crippen LogP contribution in [0.25, 0.3) is 0 Å². The predicted molar refractivity (Wildman–Crippen MR) is 99.5 cm³/mol. The Labute approximate surface area is 149 Å². The van der Waals surface area contributed by atoms with Crippen LogP contribution in [0.15, 0.2) is 10.4 Å². The molecule has 2 aliphatic rings. The molecule has 2 saturated carbocycles. The summed E-state index contributed by atoms with van der Waals surface area (Å²) in [5, 5.41) is 6.99. The van der Waals surface area contributed by atoms with Gasteiger partial charge in [0.05, 0.1) is 23.4 Å². The van der Waals surface area contributed by atoms with Crippen molar-refractivity contribution in [2.24, 2.45) is 10.4 Å². The highest BCUT2D eigenvalue weighted by atomic mass is 32.1. The van der Waals surface area contributed by atoms with Crippen LogP contribution in [0.2, 0.25) is 0 Å². The fraction of sp³-hybridized carbons (Fsp3) is 0.778. The second kappa shape index (κ2) is 7.40. The molecule has 6 heteroatoms. The fourth-order valence-electron chi connectivity index (χ4n) is 4.02. The number of nitrogens with zero attached hydrogens (tertiary/aromatic N) is 3. The van der Waals surface area contributed by atoms with Crippen LogP contribution in [0, 0.1) is 12.3 Å². The van der Waals surface area contributed by atoms with E-state index in [1.165, 1.54) is 19.3 Å². The van der Waals surface area contributed by atoms with Crippen molar-refractivity contribution in [1.29, 1.82) is 0 Å². The van der Waals surface area contributed by atoms with Gasteiger partial charge in [-0.3, -0.25) is 4.99 Å². The molecule has 1 aromatic rings. The smallest absolute Gasteiger partial charge is 0.194 e. The summed E-state index contributed by atoms with van der Waals surface area (Å²) in [6.07, 6.45) is 5.42. The SMILES string of the molecule is CCN=C(NC1CC(OCC)C12CCC2)N(C)Cc1csc(C)n1. The highest BCUT2D eigenvalue weighted by Crippen LogP contribution is 2.57. The van der Waals surface area contributed by atoms with Crippen LogP contribution >= 0.6 is 11.3 Å². The Balaban J connectivity index is 1.63. The molecule has 0 radical (unpaired) electrons. The maximum absolute atomic E-state index is 5.96. The molecule has 2 atom stereocenters. The van der Waals surface area contributed by atoms with Gasteiger partial charge in [0, 0.05) is 37.0 Å². The van der Waals surface area contributed by atoms with Crippen LogP contribution in [0.5, 0.6) is 0 Å². The van der Waals surface area contributed by atoms with E-state index in [9.17, 15) is 0 Å². The van der Waals surface area contributed by atoms with Crippen molar-refractivity contribution < 1.29 is 4.74 Å². The maximum Gasteiger partial charge on any atom is 0.194 e. The molecular weight excluding hydrogens is 320 g/mol. The van der Waals surface area contributed by atoms with Crippen molar-refractivity contribution in [2.75, 3.05) is 20.2 Å². The molecule has 0 aromatic carbocycles. The number of aryl methyl sites for hydroxylation is 1. The molecule has 1 heterocycles. The summed E-state index contributed by atoms with van der Waals surface area (Å²) in [5.74, 6) is 0.995. The van der Waals surface area contributed by atoms with Crippen LogP contribution in [0.4, 0.5) is 0 Å². The summed E-state index contributed by atoms with van der Waals surface area (Å²) < 4.78 is 5.96. The van der Waals surface area contributed by atoms with E-state index in [4.69, 9.17) is 9.73 Å². The molecule has 3 rings (SSSR count). The average Bonchev–Trinajstić information content (AvgIpc) is 2.88. The van der Waals surface area contributed by atoms with Gasteiger partial charge in [0.25, 0.3) is 0 Å². The fourth-order valence-corrected chi connectivity index (χ4v) is 4.63. The third kappa shape index (κ3) is 3.31. The Morgan fingerprint density at radius 1 is 1.50 bits per heavy atom. The highest BCUT2D eigenvalue weighted by molar-refractivity contribution is 7.09. The lowest BCUT2D eigenvalue weighted by atomic mass is 9.51. The summed E-state index contributed by atoms with van der Waals surface area (Å²) in [6, 6.07) is 0.493. The highest BCUT2D eigenvalue weighted by Gasteiger charge is 2.59. The van der Waals surface area contributed by atoms with E-state index in [0.29, 0.717) is 17.6 Å². The van der Waals surface area contributed by atoms with Crippen LogP contribution in [-0.2, 0) is 11.3 Å². The number of nitrogens with one attached hydrogen (secondary N) is 1. The van der Waals surface area contributed by atoms with E-state index >= 15 is 0 Å². The van der Waals surface area contributed by atoms with Crippen molar-refractivity contribution in [2.45, 2.75) is 65.1 Å². The standard InChI is InChI=1S/C18H30N4OS/c1-5-19-17(22(4)11-14-12-24-13(3)20-14)21-15-10-16(23-6-2)18(15)8-7-9-18/h12,15-16H,5-11H2,1-4H3,(H,19,21). The topological polar surface area (TPSA) is 49.8 Å². The zero-order valence-electron chi connectivity index (χ0n) is 15.3. The number of ether oxygens (including phenoxy) is 1. The van der Waals surface area contributed by atoms with Gasteiger partial charge in [-0.25, -0.2) is 4.98 Å². The average molecular weight is 351 g/mol. The molecular formula is C18H30N4OS. The molecule has 5 nitrogen and oxygen atoms in total. The number of aliphatic imine (C=N–C) groups is 1. The first kappa shape index (κ1) is 17.7. The first-order chi connectivity index (χ1) is 11.6. The number of hydrogen-bond acceptors (Lipinski definition) is 4. The third-order valence-corrected chi connectivity index (χ3v) is 6.30. The van der Waals surface area contributed by atoms with Crippen LogP contribution in [0.3, 0.4) is 0 Å². The Bertz CT molecular complexity index is 581. The minimum Gasteiger partial charge on any atom is -0.378 e. The number of rotatable bonds is 6. The van der Waals surface area contributed by atoms with E-state index in [1.807, 2.05) is 0 Å². The zero-order chi connectivity index (χ0) is 17.2. The quantitative estimate of drug-likeness (QED) is 0.632. The number of hydrogen-bond donors (Lipinski definition) is 1. The largest absolute Gasteiger partial charge is 0.378 e. The minimum absolute atomic E-state index is 0.350. The lowest BCUT2D eigenvalue weighted by Gasteiger charge is -2.61. The van der Waals surface area contributed by atoms with Crippen molar-refractivity contribution in [3.05, 3.63) is 16.1 Å². The normalized spacial score (nSPS) is 25.2. The Hall–Kier alpha value is -1.14. The molecule has 1 N–H and O–H groups in total. The lowest BCUT2D eigenvalue weighted by Crippen LogP contribution is -2.68. The monoisotopic (exact) mass is 350 g/mol. The molecule has 2 unspecified atom stereocenters. The lowest BCUT2D eigenvalue weighted by molar-refractivity contribution is -0.168. The van der Waals surface area contributed by atoms with Gasteiger partial charge in [0.2, 0.25) is 0 Å². The molecule has 24 heavy (non-hydrogen) atoms. The molecule has 1 aromatic heterocycles. The number of guanidine groups is 1. The maximum atomic E-state index is 5.96. The summed E-state index contributed by atoms with van der Waals surface area (Å²) in [5.41, 5.74) is 1.47. The zero-order valence-corrected chi connectivity index (χ0v) is 16.2. The van der Waals surface area contributed by atoms with E-state index in [-0.39, 0.29) is 0 Å². The molecule has 0 bridgehead atoms. The van der Waals surface area contributed by atoms with Crippen LogP contribution in [0.1, 0.15) is 50.2 Å². The summed E-state index contributed by atoms with van der Waals surface area (Å²) in [4.78, 5) is 11.5. The summed E-state index contributed by atoms with van der Waals surface area (Å²) in [6.45, 7) is 8.64. The molecule has 134 valence electrons. The predicted octanol–water partition coefficient (Wildman–Crippen LogP) is 3.20. The Morgan fingerprint density at radius 2 is 2.29 bits per heavy atom. The third-order valence-electron chi connectivity index (χ3n) is 5.48. The first-order valence-electron chi connectivity index (χ1n) is 9.13. The Morgan fingerprint density at radius 3 is 2.83 bits per heavy atom. The molecule has 1 spiro atoms. The molecule has 0 amide bonds. The van der Waals surface area contributed by atoms with Gasteiger partial charge in [-0.15, -0.1) is 11.3 Å². The van der Waals surface area contributed by atoms with Gasteiger partial charge < -0.3 is 15.0 Å². The minimum atomic E-state index is 0.350. The van der Waals surface area contributed by atoms with Gasteiger partial charge in [0.1, 0.15) is 0 Å². The van der Waals surface area contributed by atoms with Crippen molar-refractivity contribution in [3.63, 3.8) is 0 Å². The molecule has 2 aliphatic carbocycles. The number of aromatic nitrogens is 1. The van der Waals surface area contributed by atoms with Crippen molar-refractivity contribution >= 4 is 17.3 Å². The van der Waals surface area contributed by atoms with Crippen molar-refractivity contribution in [1.82, 2.24) is 15.2 Å². The van der Waals surface area contributed by atoms with Gasteiger partial charge in [0.15, 0.2) is 5.96 Å².